The number of para-hydroxylation sites is 1. The molecule has 0 saturated carbocycles. The molecular formula is C23H27N3O2. The highest BCUT2D eigenvalue weighted by molar-refractivity contribution is 6.02. The van der Waals surface area contributed by atoms with Crippen LogP contribution in [0, 0.1) is 12.8 Å². The Bertz CT molecular complexity index is 876. The first kappa shape index (κ1) is 19.8. The molecule has 2 aromatic carbocycles. The number of benzene rings is 2. The van der Waals surface area contributed by atoms with Gasteiger partial charge in [-0.15, -0.1) is 0 Å². The number of nitrogens with one attached hydrogen (secondary N) is 1. The number of rotatable bonds is 6. The van der Waals surface area contributed by atoms with Gasteiger partial charge in [-0.25, -0.2) is 0 Å². The molecule has 2 amide bonds. The van der Waals surface area contributed by atoms with E-state index in [2.05, 4.69) is 10.2 Å². The molecule has 1 aliphatic heterocycles. The summed E-state index contributed by atoms with van der Waals surface area (Å²) in [4.78, 5) is 26.1. The number of anilines is 1. The largest absolute Gasteiger partial charge is 0.369 e. The van der Waals surface area contributed by atoms with E-state index in [4.69, 9.17) is 5.73 Å². The third-order valence-corrected chi connectivity index (χ3v) is 5.05. The number of nitrogens with zero attached hydrogens (tertiary/aromatic N) is 1. The van der Waals surface area contributed by atoms with Gasteiger partial charge >= 0.3 is 0 Å². The molecule has 3 N–H and O–H groups in total. The van der Waals surface area contributed by atoms with Crippen molar-refractivity contribution in [3.05, 3.63) is 71.3 Å². The zero-order valence-electron chi connectivity index (χ0n) is 16.2. The molecule has 0 aliphatic carbocycles. The van der Waals surface area contributed by atoms with Crippen molar-refractivity contribution in [2.45, 2.75) is 26.3 Å². The van der Waals surface area contributed by atoms with Crippen LogP contribution in [0.2, 0.25) is 0 Å². The molecule has 1 unspecified atom stereocenters. The van der Waals surface area contributed by atoms with Crippen LogP contribution in [-0.4, -0.2) is 29.8 Å². The predicted molar refractivity (Wildman–Crippen MR) is 112 cm³/mol. The van der Waals surface area contributed by atoms with Crippen molar-refractivity contribution >= 4 is 23.6 Å². The molecule has 28 heavy (non-hydrogen) atoms. The molecule has 0 spiro atoms. The van der Waals surface area contributed by atoms with E-state index in [1.807, 2.05) is 61.5 Å². The number of nitrogens with two attached hydrogens (primary N) is 1. The summed E-state index contributed by atoms with van der Waals surface area (Å²) < 4.78 is 0. The minimum atomic E-state index is -0.229. The van der Waals surface area contributed by atoms with Crippen molar-refractivity contribution in [2.75, 3.05) is 18.4 Å². The molecule has 1 saturated heterocycles. The Balaban J connectivity index is 1.65. The van der Waals surface area contributed by atoms with E-state index in [0.717, 1.165) is 41.8 Å². The molecule has 3 rings (SSSR count). The van der Waals surface area contributed by atoms with Crippen LogP contribution in [0.3, 0.4) is 0 Å². The second-order valence-corrected chi connectivity index (χ2v) is 7.37. The van der Waals surface area contributed by atoms with Gasteiger partial charge in [0.15, 0.2) is 0 Å². The highest BCUT2D eigenvalue weighted by atomic mass is 16.1. The number of likely N-dealkylation sites (tertiary alicyclic amines) is 1. The van der Waals surface area contributed by atoms with Crippen LogP contribution >= 0.6 is 0 Å². The molecule has 0 aromatic heterocycles. The molecule has 2 aromatic rings. The van der Waals surface area contributed by atoms with Crippen molar-refractivity contribution < 1.29 is 9.59 Å². The summed E-state index contributed by atoms with van der Waals surface area (Å²) in [6.07, 6.45) is 5.18. The molecule has 1 heterocycles. The summed E-state index contributed by atoms with van der Waals surface area (Å²) in [5, 5.41) is 2.97. The molecule has 1 aliphatic rings. The Morgan fingerprint density at radius 2 is 2.04 bits per heavy atom. The average molecular weight is 377 g/mol. The number of piperidine rings is 1. The zero-order valence-corrected chi connectivity index (χ0v) is 16.2. The Labute approximate surface area is 166 Å². The molecule has 146 valence electrons. The first-order valence-electron chi connectivity index (χ1n) is 9.66. The number of carbonyl (C=O) groups excluding carboxylic acids is 2. The molecule has 5 nitrogen and oxygen atoms in total. The minimum Gasteiger partial charge on any atom is -0.369 e. The second-order valence-electron chi connectivity index (χ2n) is 7.37. The normalized spacial score (nSPS) is 17.5. The molecule has 5 heteroatoms. The zero-order chi connectivity index (χ0) is 19.9. The minimum absolute atomic E-state index is 0.0900. The van der Waals surface area contributed by atoms with Crippen molar-refractivity contribution in [1.29, 1.82) is 0 Å². The van der Waals surface area contributed by atoms with E-state index < -0.39 is 0 Å². The summed E-state index contributed by atoms with van der Waals surface area (Å²) in [5.41, 5.74) is 9.46. The van der Waals surface area contributed by atoms with E-state index in [0.29, 0.717) is 13.1 Å². The first-order chi connectivity index (χ1) is 13.5. The third kappa shape index (κ3) is 5.54. The summed E-state index contributed by atoms with van der Waals surface area (Å²) in [6.45, 7) is 4.31. The van der Waals surface area contributed by atoms with Crippen LogP contribution in [0.15, 0.2) is 54.6 Å². The monoisotopic (exact) mass is 377 g/mol. The van der Waals surface area contributed by atoms with E-state index in [1.165, 1.54) is 0 Å². The molecule has 0 bridgehead atoms. The van der Waals surface area contributed by atoms with Gasteiger partial charge in [0.2, 0.25) is 11.8 Å². The fourth-order valence-corrected chi connectivity index (χ4v) is 3.57. The van der Waals surface area contributed by atoms with Gasteiger partial charge in [-0.3, -0.25) is 14.5 Å². The quantitative estimate of drug-likeness (QED) is 0.758. The summed E-state index contributed by atoms with van der Waals surface area (Å²) in [6, 6.07) is 15.8. The van der Waals surface area contributed by atoms with Crippen molar-refractivity contribution in [1.82, 2.24) is 4.90 Å². The summed E-state index contributed by atoms with van der Waals surface area (Å²) >= 11 is 0. The van der Waals surface area contributed by atoms with Gasteiger partial charge in [-0.2, -0.15) is 0 Å². The maximum absolute atomic E-state index is 12.4. The van der Waals surface area contributed by atoms with Crippen molar-refractivity contribution in [3.63, 3.8) is 0 Å². The number of amides is 2. The van der Waals surface area contributed by atoms with Crippen LogP contribution in [-0.2, 0) is 16.1 Å². The Kier molecular flexibility index (Phi) is 6.61. The lowest BCUT2D eigenvalue weighted by atomic mass is 9.97. The Hall–Kier alpha value is -2.92. The van der Waals surface area contributed by atoms with Crippen molar-refractivity contribution in [3.8, 4) is 0 Å². The van der Waals surface area contributed by atoms with Gasteiger partial charge in [0.25, 0.3) is 0 Å². The number of primary amides is 1. The van der Waals surface area contributed by atoms with Gasteiger partial charge in [0.05, 0.1) is 5.92 Å². The second kappa shape index (κ2) is 9.33. The molecule has 1 atom stereocenters. The first-order valence-corrected chi connectivity index (χ1v) is 9.66. The third-order valence-electron chi connectivity index (χ3n) is 5.05. The van der Waals surface area contributed by atoms with Gasteiger partial charge < -0.3 is 11.1 Å². The van der Waals surface area contributed by atoms with E-state index >= 15 is 0 Å². The molecule has 1 fully saturated rings. The number of aryl methyl sites for hydroxylation is 1. The van der Waals surface area contributed by atoms with E-state index in [9.17, 15) is 9.59 Å². The lowest BCUT2D eigenvalue weighted by Crippen LogP contribution is -2.40. The van der Waals surface area contributed by atoms with E-state index in [-0.39, 0.29) is 17.7 Å². The van der Waals surface area contributed by atoms with Crippen LogP contribution < -0.4 is 11.1 Å². The maximum Gasteiger partial charge on any atom is 0.248 e. The highest BCUT2D eigenvalue weighted by Gasteiger charge is 2.24. The average Bonchev–Trinajstić information content (AvgIpc) is 2.68. The highest BCUT2D eigenvalue weighted by Crippen LogP contribution is 2.22. The van der Waals surface area contributed by atoms with Gasteiger partial charge in [-0.1, -0.05) is 48.0 Å². The predicted octanol–water partition coefficient (Wildman–Crippen LogP) is 3.34. The van der Waals surface area contributed by atoms with Crippen LogP contribution in [0.4, 0.5) is 5.69 Å². The maximum atomic E-state index is 12.4. The fraction of sp³-hybridized carbons (Fsp3) is 0.304. The fourth-order valence-electron chi connectivity index (χ4n) is 3.57. The van der Waals surface area contributed by atoms with Gasteiger partial charge in [0.1, 0.15) is 0 Å². The molecular weight excluding hydrogens is 350 g/mol. The van der Waals surface area contributed by atoms with Crippen molar-refractivity contribution in [2.24, 2.45) is 11.7 Å². The van der Waals surface area contributed by atoms with Crippen LogP contribution in [0.25, 0.3) is 6.08 Å². The Morgan fingerprint density at radius 3 is 2.82 bits per heavy atom. The van der Waals surface area contributed by atoms with Crippen LogP contribution in [0.1, 0.15) is 29.5 Å². The topological polar surface area (TPSA) is 75.4 Å². The van der Waals surface area contributed by atoms with E-state index in [1.54, 1.807) is 6.08 Å². The smallest absolute Gasteiger partial charge is 0.248 e. The lowest BCUT2D eigenvalue weighted by Gasteiger charge is -2.31. The summed E-state index contributed by atoms with van der Waals surface area (Å²) in [7, 11) is 0. The SMILES string of the molecule is Cc1cccc(/C=C/C(=O)Nc2ccccc2CN2CCCC(C(N)=O)C2)c1. The Morgan fingerprint density at radius 1 is 1.21 bits per heavy atom. The van der Waals surface area contributed by atoms with Crippen LogP contribution in [0.5, 0.6) is 0 Å². The van der Waals surface area contributed by atoms with Gasteiger partial charge in [-0.05, 0) is 49.6 Å². The number of hydrogen-bond donors (Lipinski definition) is 2. The number of hydrogen-bond acceptors (Lipinski definition) is 3. The number of carbonyl (C=O) groups is 2. The molecule has 0 radical (unpaired) electrons. The lowest BCUT2D eigenvalue weighted by molar-refractivity contribution is -0.123. The van der Waals surface area contributed by atoms with Gasteiger partial charge in [0, 0.05) is 24.9 Å². The summed E-state index contributed by atoms with van der Waals surface area (Å²) in [5.74, 6) is -0.483. The standard InChI is InChI=1S/C23H27N3O2/c1-17-6-4-7-18(14-17)11-12-22(27)25-21-10-3-2-8-19(21)15-26-13-5-9-20(16-26)23(24)28/h2-4,6-8,10-12,14,20H,5,9,13,15-16H2,1H3,(H2,24,28)(H,25,27)/b12-11+.